The number of para-hydroxylation sites is 2. The lowest BCUT2D eigenvalue weighted by Gasteiger charge is -2.16. The Morgan fingerprint density at radius 1 is 0.744 bits per heavy atom. The van der Waals surface area contributed by atoms with Crippen molar-refractivity contribution < 1.29 is 0 Å². The summed E-state index contributed by atoms with van der Waals surface area (Å²) in [7, 11) is 0. The first-order chi connectivity index (χ1) is 19.0. The van der Waals surface area contributed by atoms with Crippen LogP contribution in [0.5, 0.6) is 0 Å². The lowest BCUT2D eigenvalue weighted by Crippen LogP contribution is -2.00. The molecule has 0 N–H and O–H groups in total. The molecular formula is C36H30N2S. The highest BCUT2D eigenvalue weighted by Gasteiger charge is 2.19. The van der Waals surface area contributed by atoms with Crippen LogP contribution in [-0.2, 0) is 0 Å². The molecule has 0 aliphatic carbocycles. The van der Waals surface area contributed by atoms with Crippen molar-refractivity contribution in [3.63, 3.8) is 0 Å². The fourth-order valence-electron chi connectivity index (χ4n) is 5.92. The number of hydrogen-bond donors (Lipinski definition) is 0. The summed E-state index contributed by atoms with van der Waals surface area (Å²) in [4.78, 5) is 5.22. The van der Waals surface area contributed by atoms with Crippen molar-refractivity contribution in [3.05, 3.63) is 119 Å². The Kier molecular flexibility index (Phi) is 5.64. The highest BCUT2D eigenvalue weighted by molar-refractivity contribution is 7.17. The van der Waals surface area contributed by atoms with Crippen molar-refractivity contribution in [2.24, 2.45) is 0 Å². The van der Waals surface area contributed by atoms with Crippen molar-refractivity contribution in [2.45, 2.75) is 33.6 Å². The van der Waals surface area contributed by atoms with Crippen LogP contribution in [0.3, 0.4) is 0 Å². The molecule has 2 heterocycles. The number of benzene rings is 5. The van der Waals surface area contributed by atoms with Gasteiger partial charge in [-0.1, -0.05) is 74.5 Å². The predicted octanol–water partition coefficient (Wildman–Crippen LogP) is 10.5. The molecule has 0 aliphatic rings. The summed E-state index contributed by atoms with van der Waals surface area (Å²) in [5.41, 5.74) is 10.9. The zero-order chi connectivity index (χ0) is 26.7. The number of imidazole rings is 1. The highest BCUT2D eigenvalue weighted by atomic mass is 32.1. The van der Waals surface area contributed by atoms with Crippen LogP contribution in [-0.4, -0.2) is 9.55 Å². The lowest BCUT2D eigenvalue weighted by molar-refractivity contribution is 0.869. The Morgan fingerprint density at radius 3 is 2.26 bits per heavy atom. The minimum Gasteiger partial charge on any atom is -0.292 e. The Morgan fingerprint density at radius 2 is 1.49 bits per heavy atom. The van der Waals surface area contributed by atoms with E-state index >= 15 is 0 Å². The summed E-state index contributed by atoms with van der Waals surface area (Å²) in [6, 6.07) is 35.3. The van der Waals surface area contributed by atoms with Crippen LogP contribution in [0.2, 0.25) is 0 Å². The van der Waals surface area contributed by atoms with Gasteiger partial charge in [-0.05, 0) is 94.8 Å². The molecule has 190 valence electrons. The summed E-state index contributed by atoms with van der Waals surface area (Å²) >= 11 is 1.80. The second kappa shape index (κ2) is 9.21. The van der Waals surface area contributed by atoms with Gasteiger partial charge < -0.3 is 0 Å². The van der Waals surface area contributed by atoms with Gasteiger partial charge in [0.2, 0.25) is 0 Å². The first kappa shape index (κ1) is 23.9. The van der Waals surface area contributed by atoms with Crippen LogP contribution >= 0.6 is 11.3 Å². The van der Waals surface area contributed by atoms with E-state index in [1.165, 1.54) is 54.2 Å². The monoisotopic (exact) mass is 522 g/mol. The zero-order valence-electron chi connectivity index (χ0n) is 22.7. The largest absolute Gasteiger partial charge is 0.292 e. The lowest BCUT2D eigenvalue weighted by atomic mass is 9.95. The maximum absolute atomic E-state index is 5.22. The number of thiophene rings is 1. The molecule has 0 aliphatic heterocycles. The molecule has 39 heavy (non-hydrogen) atoms. The average Bonchev–Trinajstić information content (AvgIpc) is 3.52. The number of rotatable bonds is 4. The summed E-state index contributed by atoms with van der Waals surface area (Å²) in [5, 5.41) is 6.12. The molecular weight excluding hydrogens is 492 g/mol. The molecule has 0 saturated heterocycles. The second-order valence-electron chi connectivity index (χ2n) is 10.8. The fraction of sp³-hybridized carbons (Fsp3) is 0.139. The normalized spacial score (nSPS) is 11.8. The molecule has 7 rings (SSSR count). The van der Waals surface area contributed by atoms with E-state index in [1.54, 1.807) is 11.3 Å². The number of fused-ring (bicyclic) bond motifs is 3. The van der Waals surface area contributed by atoms with Crippen LogP contribution < -0.4 is 0 Å². The van der Waals surface area contributed by atoms with E-state index in [-0.39, 0.29) is 0 Å². The molecule has 0 radical (unpaired) electrons. The van der Waals surface area contributed by atoms with Crippen LogP contribution in [0.4, 0.5) is 0 Å². The van der Waals surface area contributed by atoms with Crippen molar-refractivity contribution in [2.75, 3.05) is 0 Å². The van der Waals surface area contributed by atoms with Gasteiger partial charge in [0.25, 0.3) is 0 Å². The second-order valence-corrected chi connectivity index (χ2v) is 11.8. The third-order valence-electron chi connectivity index (χ3n) is 7.86. The SMILES string of the molecule is Cc1cc(-n2c(-c3csc4cc5ccc(C(C)C)cc5cc34)nc3ccccc32)cc(C)c1-c1ccccc1. The van der Waals surface area contributed by atoms with E-state index in [4.69, 9.17) is 4.98 Å². The van der Waals surface area contributed by atoms with E-state index in [2.05, 4.69) is 135 Å². The van der Waals surface area contributed by atoms with E-state index in [0.717, 1.165) is 22.5 Å². The molecule has 0 unspecified atom stereocenters. The Hall–Kier alpha value is -4.21. The quantitative estimate of drug-likeness (QED) is 0.225. The van der Waals surface area contributed by atoms with Crippen LogP contribution in [0.25, 0.3) is 60.1 Å². The fourth-order valence-corrected chi connectivity index (χ4v) is 6.89. The number of aryl methyl sites for hydroxylation is 2. The molecule has 0 amide bonds. The minimum absolute atomic E-state index is 0.501. The number of aromatic nitrogens is 2. The highest BCUT2D eigenvalue weighted by Crippen LogP contribution is 2.40. The molecule has 0 bridgehead atoms. The van der Waals surface area contributed by atoms with Crippen LogP contribution in [0, 0.1) is 13.8 Å². The van der Waals surface area contributed by atoms with E-state index in [9.17, 15) is 0 Å². The van der Waals surface area contributed by atoms with Gasteiger partial charge in [-0.3, -0.25) is 4.57 Å². The van der Waals surface area contributed by atoms with Crippen LogP contribution in [0.1, 0.15) is 36.5 Å². The maximum Gasteiger partial charge on any atom is 0.147 e. The van der Waals surface area contributed by atoms with Gasteiger partial charge in [-0.2, -0.15) is 0 Å². The van der Waals surface area contributed by atoms with E-state index < -0.39 is 0 Å². The van der Waals surface area contributed by atoms with E-state index in [0.29, 0.717) is 5.92 Å². The summed E-state index contributed by atoms with van der Waals surface area (Å²) < 4.78 is 3.64. The van der Waals surface area contributed by atoms with Gasteiger partial charge in [-0.25, -0.2) is 4.98 Å². The van der Waals surface area contributed by atoms with Gasteiger partial charge in [0.05, 0.1) is 11.0 Å². The molecule has 2 nitrogen and oxygen atoms in total. The number of hydrogen-bond acceptors (Lipinski definition) is 2. The standard InChI is InChI=1S/C36H30N2S/c1-22(2)26-14-15-27-20-34-30(19-28(27)18-26)31(21-39-34)36-37-32-12-8-9-13-33(32)38(36)29-16-23(3)35(24(4)17-29)25-10-6-5-7-11-25/h5-22H,1-4H3. The van der Waals surface area contributed by atoms with Crippen molar-refractivity contribution >= 4 is 43.2 Å². The van der Waals surface area contributed by atoms with Crippen LogP contribution in [0.15, 0.2) is 102 Å². The number of nitrogens with zero attached hydrogens (tertiary/aromatic N) is 2. The Bertz CT molecular complexity index is 1980. The first-order valence-corrected chi connectivity index (χ1v) is 14.5. The third kappa shape index (κ3) is 3.97. The van der Waals surface area contributed by atoms with Gasteiger partial charge in [0.1, 0.15) is 5.82 Å². The maximum atomic E-state index is 5.22. The van der Waals surface area contributed by atoms with Gasteiger partial charge in [0.15, 0.2) is 0 Å². The molecule has 3 heteroatoms. The molecule has 0 fully saturated rings. The smallest absolute Gasteiger partial charge is 0.147 e. The van der Waals surface area contributed by atoms with Gasteiger partial charge in [-0.15, -0.1) is 11.3 Å². The average molecular weight is 523 g/mol. The van der Waals surface area contributed by atoms with Crippen molar-refractivity contribution in [1.82, 2.24) is 9.55 Å². The Balaban J connectivity index is 1.47. The first-order valence-electron chi connectivity index (χ1n) is 13.6. The molecule has 5 aromatic carbocycles. The summed E-state index contributed by atoms with van der Waals surface area (Å²) in [6.45, 7) is 8.95. The minimum atomic E-state index is 0.501. The Labute approximate surface area is 233 Å². The summed E-state index contributed by atoms with van der Waals surface area (Å²) in [6.07, 6.45) is 0. The molecule has 7 aromatic rings. The van der Waals surface area contributed by atoms with E-state index in [1.807, 2.05) is 0 Å². The predicted molar refractivity (Wildman–Crippen MR) is 168 cm³/mol. The van der Waals surface area contributed by atoms with Crippen molar-refractivity contribution in [1.29, 1.82) is 0 Å². The van der Waals surface area contributed by atoms with Crippen molar-refractivity contribution in [3.8, 4) is 28.2 Å². The topological polar surface area (TPSA) is 17.8 Å². The summed E-state index contributed by atoms with van der Waals surface area (Å²) in [5.74, 6) is 1.50. The van der Waals surface area contributed by atoms with Gasteiger partial charge >= 0.3 is 0 Å². The molecule has 0 atom stereocenters. The molecule has 0 spiro atoms. The zero-order valence-corrected chi connectivity index (χ0v) is 23.5. The molecule has 0 saturated carbocycles. The van der Waals surface area contributed by atoms with Gasteiger partial charge in [0, 0.05) is 26.7 Å². The molecule has 2 aromatic heterocycles. The third-order valence-corrected chi connectivity index (χ3v) is 8.81.